The van der Waals surface area contributed by atoms with E-state index in [0.717, 1.165) is 12.1 Å². The van der Waals surface area contributed by atoms with Crippen LogP contribution in [0.4, 0.5) is 8.78 Å². The van der Waals surface area contributed by atoms with E-state index in [1.165, 1.54) is 0 Å². The van der Waals surface area contributed by atoms with Crippen LogP contribution in [0.5, 0.6) is 0 Å². The van der Waals surface area contributed by atoms with Crippen molar-refractivity contribution in [2.45, 2.75) is 0 Å². The zero-order valence-corrected chi connectivity index (χ0v) is 6.50. The standard InChI is InChI=1S/C9H6F2O2/c10-8-1-6(2-9(11)3-8)7(4-12)5-13/h1-5,12H/b7-4+. The van der Waals surface area contributed by atoms with E-state index in [9.17, 15) is 13.6 Å². The Morgan fingerprint density at radius 1 is 1.23 bits per heavy atom. The minimum absolute atomic E-state index is 0.00926. The van der Waals surface area contributed by atoms with Crippen LogP contribution in [0.1, 0.15) is 5.56 Å². The van der Waals surface area contributed by atoms with Crippen molar-refractivity contribution in [3.8, 4) is 0 Å². The summed E-state index contributed by atoms with van der Waals surface area (Å²) in [5.74, 6) is -1.59. The number of carbonyl (C=O) groups excluding carboxylic acids is 1. The molecule has 1 N–H and O–H groups in total. The summed E-state index contributed by atoms with van der Waals surface area (Å²) in [7, 11) is 0. The molecule has 0 spiro atoms. The van der Waals surface area contributed by atoms with Crippen molar-refractivity contribution in [3.05, 3.63) is 41.7 Å². The molecule has 0 radical (unpaired) electrons. The fourth-order valence-corrected chi connectivity index (χ4v) is 0.894. The first-order valence-corrected chi connectivity index (χ1v) is 3.43. The molecule has 0 bridgehead atoms. The topological polar surface area (TPSA) is 37.3 Å². The third-order valence-electron chi connectivity index (χ3n) is 1.46. The van der Waals surface area contributed by atoms with Gasteiger partial charge in [-0.1, -0.05) is 0 Å². The summed E-state index contributed by atoms with van der Waals surface area (Å²) in [6, 6.07) is 2.60. The Morgan fingerprint density at radius 3 is 2.15 bits per heavy atom. The first kappa shape index (κ1) is 9.38. The largest absolute Gasteiger partial charge is 0.515 e. The molecule has 4 heteroatoms. The fraction of sp³-hybridized carbons (Fsp3) is 0. The van der Waals surface area contributed by atoms with Gasteiger partial charge in [-0.05, 0) is 17.7 Å². The van der Waals surface area contributed by atoms with Gasteiger partial charge in [0.25, 0.3) is 0 Å². The highest BCUT2D eigenvalue weighted by molar-refractivity contribution is 6.06. The number of hydrogen-bond acceptors (Lipinski definition) is 2. The summed E-state index contributed by atoms with van der Waals surface area (Å²) in [6.07, 6.45) is 0.815. The Morgan fingerprint density at radius 2 is 1.77 bits per heavy atom. The monoisotopic (exact) mass is 184 g/mol. The molecule has 2 nitrogen and oxygen atoms in total. The third-order valence-corrected chi connectivity index (χ3v) is 1.46. The summed E-state index contributed by atoms with van der Waals surface area (Å²) < 4.78 is 25.2. The summed E-state index contributed by atoms with van der Waals surface area (Å²) in [5, 5.41) is 8.52. The lowest BCUT2D eigenvalue weighted by Gasteiger charge is -1.98. The van der Waals surface area contributed by atoms with Crippen LogP contribution in [0.2, 0.25) is 0 Å². The molecule has 68 valence electrons. The molecule has 0 atom stereocenters. The number of halogens is 2. The Bertz CT molecular complexity index is 338. The van der Waals surface area contributed by atoms with E-state index in [1.54, 1.807) is 0 Å². The Hall–Kier alpha value is -1.71. The second-order valence-corrected chi connectivity index (χ2v) is 2.36. The van der Waals surface area contributed by atoms with E-state index in [2.05, 4.69) is 0 Å². The van der Waals surface area contributed by atoms with Gasteiger partial charge < -0.3 is 5.11 Å². The van der Waals surface area contributed by atoms with Crippen LogP contribution in [-0.4, -0.2) is 11.4 Å². The van der Waals surface area contributed by atoms with E-state index in [-0.39, 0.29) is 11.1 Å². The minimum Gasteiger partial charge on any atom is -0.515 e. The molecule has 0 saturated carbocycles. The van der Waals surface area contributed by atoms with E-state index in [0.29, 0.717) is 18.6 Å². The Labute approximate surface area is 73.1 Å². The van der Waals surface area contributed by atoms with Gasteiger partial charge in [0.1, 0.15) is 11.6 Å². The van der Waals surface area contributed by atoms with Crippen LogP contribution >= 0.6 is 0 Å². The van der Waals surface area contributed by atoms with E-state index >= 15 is 0 Å². The molecule has 0 saturated heterocycles. The third kappa shape index (κ3) is 2.11. The summed E-state index contributed by atoms with van der Waals surface area (Å²) >= 11 is 0. The number of aldehydes is 1. The SMILES string of the molecule is O=C/C(=C\O)c1cc(F)cc(F)c1. The van der Waals surface area contributed by atoms with Crippen molar-refractivity contribution in [2.24, 2.45) is 0 Å². The lowest BCUT2D eigenvalue weighted by Crippen LogP contribution is -1.89. The maximum Gasteiger partial charge on any atom is 0.153 e. The molecule has 0 unspecified atom stereocenters. The zero-order chi connectivity index (χ0) is 9.84. The number of hydrogen-bond donors (Lipinski definition) is 1. The van der Waals surface area contributed by atoms with Crippen LogP contribution in [0.3, 0.4) is 0 Å². The molecule has 0 aromatic heterocycles. The molecule has 1 aromatic rings. The highest BCUT2D eigenvalue weighted by atomic mass is 19.1. The number of carbonyl (C=O) groups is 1. The van der Waals surface area contributed by atoms with Gasteiger partial charge in [0.2, 0.25) is 0 Å². The van der Waals surface area contributed by atoms with Crippen LogP contribution < -0.4 is 0 Å². The minimum atomic E-state index is -0.795. The van der Waals surface area contributed by atoms with E-state index < -0.39 is 11.6 Å². The molecule has 0 heterocycles. The quantitative estimate of drug-likeness (QED) is 0.434. The summed E-state index contributed by atoms with van der Waals surface area (Å²) in [4.78, 5) is 10.3. The van der Waals surface area contributed by atoms with Crippen molar-refractivity contribution in [2.75, 3.05) is 0 Å². The molecule has 0 aliphatic rings. The van der Waals surface area contributed by atoms with Crippen molar-refractivity contribution in [1.29, 1.82) is 0 Å². The van der Waals surface area contributed by atoms with Gasteiger partial charge in [-0.25, -0.2) is 8.78 Å². The second kappa shape index (κ2) is 3.80. The van der Waals surface area contributed by atoms with Gasteiger partial charge in [0.15, 0.2) is 6.29 Å². The van der Waals surface area contributed by atoms with Crippen molar-refractivity contribution >= 4 is 11.9 Å². The number of allylic oxidation sites excluding steroid dienone is 1. The van der Waals surface area contributed by atoms with E-state index in [4.69, 9.17) is 5.11 Å². The predicted molar refractivity (Wildman–Crippen MR) is 43.0 cm³/mol. The van der Waals surface area contributed by atoms with Crippen LogP contribution in [-0.2, 0) is 4.79 Å². The molecular formula is C9H6F2O2. The highest BCUT2D eigenvalue weighted by Crippen LogP contribution is 2.14. The normalized spacial score (nSPS) is 11.4. The van der Waals surface area contributed by atoms with Gasteiger partial charge in [0.05, 0.1) is 11.8 Å². The number of aliphatic hydroxyl groups is 1. The Kier molecular flexibility index (Phi) is 2.74. The molecule has 1 rings (SSSR count). The molecular weight excluding hydrogens is 178 g/mol. The first-order valence-electron chi connectivity index (χ1n) is 3.43. The molecule has 0 aliphatic carbocycles. The molecule has 13 heavy (non-hydrogen) atoms. The second-order valence-electron chi connectivity index (χ2n) is 2.36. The number of aliphatic hydroxyl groups excluding tert-OH is 1. The van der Waals surface area contributed by atoms with Crippen LogP contribution in [0.15, 0.2) is 24.5 Å². The first-order chi connectivity index (χ1) is 6.17. The van der Waals surface area contributed by atoms with Gasteiger partial charge in [-0.2, -0.15) is 0 Å². The smallest absolute Gasteiger partial charge is 0.153 e. The van der Waals surface area contributed by atoms with Gasteiger partial charge in [-0.3, -0.25) is 4.79 Å². The van der Waals surface area contributed by atoms with Gasteiger partial charge in [-0.15, -0.1) is 0 Å². The maximum absolute atomic E-state index is 12.6. The molecule has 0 fully saturated rings. The highest BCUT2D eigenvalue weighted by Gasteiger charge is 2.04. The average Bonchev–Trinajstić information content (AvgIpc) is 2.04. The van der Waals surface area contributed by atoms with Gasteiger partial charge in [0, 0.05) is 6.07 Å². The number of benzene rings is 1. The summed E-state index contributed by atoms with van der Waals surface area (Å²) in [6.45, 7) is 0. The summed E-state index contributed by atoms with van der Waals surface area (Å²) in [5.41, 5.74) is -0.159. The molecule has 0 amide bonds. The molecule has 1 aromatic carbocycles. The number of rotatable bonds is 2. The fourth-order valence-electron chi connectivity index (χ4n) is 0.894. The zero-order valence-electron chi connectivity index (χ0n) is 6.50. The predicted octanol–water partition coefficient (Wildman–Crippen LogP) is 2.06. The maximum atomic E-state index is 12.6. The Balaban J connectivity index is 3.21. The van der Waals surface area contributed by atoms with Crippen molar-refractivity contribution < 1.29 is 18.7 Å². The van der Waals surface area contributed by atoms with Crippen LogP contribution in [0.25, 0.3) is 5.57 Å². The lowest BCUT2D eigenvalue weighted by molar-refractivity contribution is -0.103. The van der Waals surface area contributed by atoms with Crippen molar-refractivity contribution in [1.82, 2.24) is 0 Å². The van der Waals surface area contributed by atoms with E-state index in [1.807, 2.05) is 0 Å². The van der Waals surface area contributed by atoms with Crippen LogP contribution in [0, 0.1) is 11.6 Å². The van der Waals surface area contributed by atoms with Gasteiger partial charge >= 0.3 is 0 Å². The average molecular weight is 184 g/mol. The lowest BCUT2D eigenvalue weighted by atomic mass is 10.1. The van der Waals surface area contributed by atoms with Crippen molar-refractivity contribution in [3.63, 3.8) is 0 Å². The molecule has 0 aliphatic heterocycles.